The fourth-order valence-corrected chi connectivity index (χ4v) is 1.78. The van der Waals surface area contributed by atoms with Gasteiger partial charge in [-0.1, -0.05) is 36.3 Å². The minimum absolute atomic E-state index is 0.162. The van der Waals surface area contributed by atoms with Crippen LogP contribution in [0.25, 0.3) is 0 Å². The van der Waals surface area contributed by atoms with E-state index in [1.165, 1.54) is 0 Å². The maximum absolute atomic E-state index is 11.7. The molecule has 0 radical (unpaired) electrons. The Bertz CT molecular complexity index is 502. The Labute approximate surface area is 110 Å². The third-order valence-electron chi connectivity index (χ3n) is 2.62. The molecule has 0 amide bonds. The molecule has 5 heteroatoms. The maximum Gasteiger partial charge on any atom is 0.509 e. The second kappa shape index (κ2) is 5.91. The van der Waals surface area contributed by atoms with Crippen molar-refractivity contribution in [2.45, 2.75) is 18.6 Å². The average Bonchev–Trinajstić information content (AvgIpc) is 2.78. The van der Waals surface area contributed by atoms with Gasteiger partial charge in [0, 0.05) is 6.42 Å². The molecular weight excluding hydrogens is 248 g/mol. The van der Waals surface area contributed by atoms with E-state index in [1.807, 2.05) is 30.3 Å². The predicted molar refractivity (Wildman–Crippen MR) is 65.1 cm³/mol. The van der Waals surface area contributed by atoms with E-state index in [0.29, 0.717) is 6.42 Å². The fraction of sp³-hybridized carbons (Fsp3) is 0.286. The van der Waals surface area contributed by atoms with Gasteiger partial charge in [-0.2, -0.15) is 0 Å². The largest absolute Gasteiger partial charge is 0.509 e. The zero-order valence-corrected chi connectivity index (χ0v) is 10.1. The highest BCUT2D eigenvalue weighted by Crippen LogP contribution is 2.20. The number of rotatable bonds is 4. The fourth-order valence-electron chi connectivity index (χ4n) is 1.78. The Morgan fingerprint density at radius 2 is 2.05 bits per heavy atom. The Morgan fingerprint density at radius 3 is 2.74 bits per heavy atom. The zero-order valence-electron chi connectivity index (χ0n) is 10.1. The lowest BCUT2D eigenvalue weighted by molar-refractivity contribution is -0.151. The summed E-state index contributed by atoms with van der Waals surface area (Å²) >= 11 is 0. The molecule has 0 saturated carbocycles. The summed E-state index contributed by atoms with van der Waals surface area (Å²) in [5, 5.41) is 0. The molecule has 2 rings (SSSR count). The van der Waals surface area contributed by atoms with Crippen molar-refractivity contribution in [3.63, 3.8) is 0 Å². The second-order valence-electron chi connectivity index (χ2n) is 3.95. The third-order valence-corrected chi connectivity index (χ3v) is 2.62. The van der Waals surface area contributed by atoms with E-state index in [2.05, 4.69) is 5.92 Å². The topological polar surface area (TPSA) is 61.8 Å². The Kier molecular flexibility index (Phi) is 4.04. The van der Waals surface area contributed by atoms with Crippen molar-refractivity contribution < 1.29 is 23.8 Å². The van der Waals surface area contributed by atoms with Crippen LogP contribution in [0.1, 0.15) is 5.56 Å². The molecule has 0 aromatic heterocycles. The van der Waals surface area contributed by atoms with Gasteiger partial charge < -0.3 is 14.2 Å². The number of hydrogen-bond donors (Lipinski definition) is 0. The van der Waals surface area contributed by atoms with E-state index < -0.39 is 24.3 Å². The SMILES string of the molecule is C#CCOC(=O)C1OC(=O)OC1Cc1ccccc1. The van der Waals surface area contributed by atoms with Gasteiger partial charge in [0.1, 0.15) is 0 Å². The van der Waals surface area contributed by atoms with E-state index in [-0.39, 0.29) is 6.61 Å². The van der Waals surface area contributed by atoms with Gasteiger partial charge in [-0.05, 0) is 5.56 Å². The first-order valence-electron chi connectivity index (χ1n) is 5.72. The lowest BCUT2D eigenvalue weighted by Gasteiger charge is -2.13. The molecule has 2 unspecified atom stereocenters. The van der Waals surface area contributed by atoms with Crippen molar-refractivity contribution in [3.8, 4) is 12.3 Å². The van der Waals surface area contributed by atoms with Crippen LogP contribution in [-0.4, -0.2) is 30.9 Å². The normalized spacial score (nSPS) is 21.1. The number of benzene rings is 1. The highest BCUT2D eigenvalue weighted by Gasteiger charge is 2.42. The lowest BCUT2D eigenvalue weighted by atomic mass is 10.0. The van der Waals surface area contributed by atoms with Crippen molar-refractivity contribution in [3.05, 3.63) is 35.9 Å². The predicted octanol–water partition coefficient (Wildman–Crippen LogP) is 1.31. The van der Waals surface area contributed by atoms with E-state index in [4.69, 9.17) is 20.6 Å². The van der Waals surface area contributed by atoms with E-state index >= 15 is 0 Å². The summed E-state index contributed by atoms with van der Waals surface area (Å²) < 4.78 is 14.5. The summed E-state index contributed by atoms with van der Waals surface area (Å²) in [6, 6.07) is 9.34. The Hall–Kier alpha value is -2.48. The number of carbonyl (C=O) groups excluding carboxylic acids is 2. The van der Waals surface area contributed by atoms with Crippen molar-refractivity contribution in [1.29, 1.82) is 0 Å². The van der Waals surface area contributed by atoms with Gasteiger partial charge in [-0.3, -0.25) is 0 Å². The molecule has 19 heavy (non-hydrogen) atoms. The maximum atomic E-state index is 11.7. The third kappa shape index (κ3) is 3.26. The highest BCUT2D eigenvalue weighted by atomic mass is 16.8. The molecule has 5 nitrogen and oxygen atoms in total. The molecule has 0 bridgehead atoms. The number of terminal acetylenes is 1. The van der Waals surface area contributed by atoms with Crippen molar-refractivity contribution in [2.24, 2.45) is 0 Å². The van der Waals surface area contributed by atoms with Crippen molar-refractivity contribution in [2.75, 3.05) is 6.61 Å². The van der Waals surface area contributed by atoms with Crippen molar-refractivity contribution in [1.82, 2.24) is 0 Å². The molecule has 1 aromatic carbocycles. The van der Waals surface area contributed by atoms with Crippen LogP contribution in [0.15, 0.2) is 30.3 Å². The van der Waals surface area contributed by atoms with E-state index in [0.717, 1.165) is 5.56 Å². The van der Waals surface area contributed by atoms with Crippen LogP contribution in [-0.2, 0) is 25.4 Å². The molecular formula is C14H12O5. The highest BCUT2D eigenvalue weighted by molar-refractivity contribution is 5.80. The quantitative estimate of drug-likeness (QED) is 0.603. The van der Waals surface area contributed by atoms with Crippen LogP contribution in [0.3, 0.4) is 0 Å². The van der Waals surface area contributed by atoms with Crippen LogP contribution < -0.4 is 0 Å². The summed E-state index contributed by atoms with van der Waals surface area (Å²) in [6.45, 7) is -0.162. The molecule has 98 valence electrons. The minimum Gasteiger partial charge on any atom is -0.450 e. The smallest absolute Gasteiger partial charge is 0.450 e. The molecule has 1 fully saturated rings. The van der Waals surface area contributed by atoms with Gasteiger partial charge in [0.25, 0.3) is 0 Å². The number of carbonyl (C=O) groups is 2. The van der Waals surface area contributed by atoms with Crippen LogP contribution >= 0.6 is 0 Å². The molecule has 0 aliphatic carbocycles. The summed E-state index contributed by atoms with van der Waals surface area (Å²) in [4.78, 5) is 22.8. The van der Waals surface area contributed by atoms with Crippen LogP contribution in [0.4, 0.5) is 4.79 Å². The first kappa shape index (κ1) is 13.0. The summed E-state index contributed by atoms with van der Waals surface area (Å²) in [7, 11) is 0. The van der Waals surface area contributed by atoms with Gasteiger partial charge in [-0.25, -0.2) is 9.59 Å². The van der Waals surface area contributed by atoms with E-state index in [1.54, 1.807) is 0 Å². The van der Waals surface area contributed by atoms with Gasteiger partial charge in [0.15, 0.2) is 12.7 Å². The average molecular weight is 260 g/mol. The molecule has 1 aromatic rings. The first-order valence-corrected chi connectivity index (χ1v) is 5.72. The molecule has 1 aliphatic heterocycles. The molecule has 0 N–H and O–H groups in total. The number of ether oxygens (including phenoxy) is 3. The number of esters is 1. The molecule has 2 atom stereocenters. The first-order chi connectivity index (χ1) is 9.20. The van der Waals surface area contributed by atoms with E-state index in [9.17, 15) is 9.59 Å². The molecule has 1 saturated heterocycles. The van der Waals surface area contributed by atoms with Crippen molar-refractivity contribution >= 4 is 12.1 Å². The van der Waals surface area contributed by atoms with Crippen LogP contribution in [0.5, 0.6) is 0 Å². The van der Waals surface area contributed by atoms with Crippen LogP contribution in [0.2, 0.25) is 0 Å². The summed E-state index contributed by atoms with van der Waals surface area (Å²) in [5.41, 5.74) is 0.931. The lowest BCUT2D eigenvalue weighted by Crippen LogP contribution is -2.34. The van der Waals surface area contributed by atoms with Gasteiger partial charge in [-0.15, -0.1) is 6.42 Å². The van der Waals surface area contributed by atoms with Gasteiger partial charge in [0.2, 0.25) is 6.10 Å². The van der Waals surface area contributed by atoms with Gasteiger partial charge >= 0.3 is 12.1 Å². The number of cyclic esters (lactones) is 2. The summed E-state index contributed by atoms with van der Waals surface area (Å²) in [6.07, 6.45) is 2.74. The molecule has 1 aliphatic rings. The molecule has 1 heterocycles. The van der Waals surface area contributed by atoms with Crippen LogP contribution in [0, 0.1) is 12.3 Å². The summed E-state index contributed by atoms with van der Waals surface area (Å²) in [5.74, 6) is 1.48. The second-order valence-corrected chi connectivity index (χ2v) is 3.95. The standard InChI is InChI=1S/C14H12O5/c1-2-8-17-13(15)12-11(18-14(16)19-12)9-10-6-4-3-5-7-10/h1,3-7,11-12H,8-9H2. The minimum atomic E-state index is -1.07. The number of hydrogen-bond acceptors (Lipinski definition) is 5. The zero-order chi connectivity index (χ0) is 13.7. The molecule has 0 spiro atoms. The Balaban J connectivity index is 2.03. The Morgan fingerprint density at radius 1 is 1.32 bits per heavy atom. The van der Waals surface area contributed by atoms with Gasteiger partial charge in [0.05, 0.1) is 0 Å². The monoisotopic (exact) mass is 260 g/mol.